The molecule has 23 heavy (non-hydrogen) atoms. The monoisotopic (exact) mass is 316 g/mol. The maximum atomic E-state index is 11.7. The molecule has 5 heteroatoms. The molecule has 0 radical (unpaired) electrons. The first-order chi connectivity index (χ1) is 11.1. The molecule has 0 aromatic heterocycles. The van der Waals surface area contributed by atoms with Crippen LogP contribution in [0.15, 0.2) is 36.4 Å². The summed E-state index contributed by atoms with van der Waals surface area (Å²) >= 11 is 0. The summed E-state index contributed by atoms with van der Waals surface area (Å²) in [6, 6.07) is 11.9. The van der Waals surface area contributed by atoms with E-state index >= 15 is 0 Å². The Bertz CT molecular complexity index is 726. The van der Waals surface area contributed by atoms with Gasteiger partial charge in [-0.1, -0.05) is 25.1 Å². The average Bonchev–Trinajstić information content (AvgIpc) is 3.06. The fourth-order valence-electron chi connectivity index (χ4n) is 2.88. The Balaban J connectivity index is 1.96. The number of benzene rings is 2. The number of fused-ring (bicyclic) bond motifs is 1. The van der Waals surface area contributed by atoms with Crippen LogP contribution in [0.3, 0.4) is 0 Å². The zero-order chi connectivity index (χ0) is 16.4. The van der Waals surface area contributed by atoms with Crippen LogP contribution < -0.4 is 4.74 Å². The predicted molar refractivity (Wildman–Crippen MR) is 85.3 cm³/mol. The first-order valence-electron chi connectivity index (χ1n) is 7.60. The van der Waals surface area contributed by atoms with Crippen LogP contribution in [-0.2, 0) is 24.8 Å². The van der Waals surface area contributed by atoms with Gasteiger partial charge >= 0.3 is 5.97 Å². The molecular weight excluding hydrogens is 296 g/mol. The molecule has 2 aromatic carbocycles. The number of rotatable bonds is 4. The Morgan fingerprint density at radius 2 is 1.96 bits per heavy atom. The Hall–Kier alpha value is -2.11. The Morgan fingerprint density at radius 3 is 2.65 bits per heavy atom. The maximum Gasteiger partial charge on any atom is 0.337 e. The van der Waals surface area contributed by atoms with E-state index in [2.05, 4.69) is 0 Å². The number of carbonyl (C=O) groups excluding carboxylic acids is 1. The average molecular weight is 316 g/mol. The zero-order valence-corrected chi connectivity index (χ0v) is 13.5. The third-order valence-corrected chi connectivity index (χ3v) is 4.22. The lowest BCUT2D eigenvalue weighted by molar-refractivity contribution is -0.189. The molecule has 1 fully saturated rings. The standard InChI is InChI=1S/C18H20O5/c1-4-18(22-11-16(23-18)17(19)21-3)14-7-5-13-10-15(20-2)8-6-12(13)9-14/h5-10,16H,4,11H2,1-3H3/t16-,18?/m1/s1. The SMILES string of the molecule is CCC1(c2ccc3cc(OC)ccc3c2)OC[C@H](C(=O)OC)O1. The summed E-state index contributed by atoms with van der Waals surface area (Å²) in [5.74, 6) is -0.507. The second-order valence-corrected chi connectivity index (χ2v) is 5.47. The van der Waals surface area contributed by atoms with E-state index in [4.69, 9.17) is 18.9 Å². The molecule has 2 atom stereocenters. The van der Waals surface area contributed by atoms with Gasteiger partial charge in [0.1, 0.15) is 5.75 Å². The van der Waals surface area contributed by atoms with Crippen molar-refractivity contribution in [3.63, 3.8) is 0 Å². The molecule has 1 heterocycles. The third kappa shape index (κ3) is 2.78. The molecule has 0 N–H and O–H groups in total. The van der Waals surface area contributed by atoms with Crippen LogP contribution in [0, 0.1) is 0 Å². The number of carbonyl (C=O) groups is 1. The highest BCUT2D eigenvalue weighted by molar-refractivity contribution is 5.84. The Kier molecular flexibility index (Phi) is 4.24. The van der Waals surface area contributed by atoms with E-state index in [9.17, 15) is 4.79 Å². The highest BCUT2D eigenvalue weighted by Crippen LogP contribution is 2.39. The second-order valence-electron chi connectivity index (χ2n) is 5.47. The highest BCUT2D eigenvalue weighted by atomic mass is 16.8. The van der Waals surface area contributed by atoms with Gasteiger partial charge in [0.2, 0.25) is 0 Å². The summed E-state index contributed by atoms with van der Waals surface area (Å²) in [7, 11) is 3.00. The van der Waals surface area contributed by atoms with E-state index in [1.54, 1.807) is 7.11 Å². The highest BCUT2D eigenvalue weighted by Gasteiger charge is 2.45. The molecule has 1 unspecified atom stereocenters. The van der Waals surface area contributed by atoms with Crippen molar-refractivity contribution >= 4 is 16.7 Å². The van der Waals surface area contributed by atoms with Crippen LogP contribution in [0.5, 0.6) is 5.75 Å². The molecule has 122 valence electrons. The van der Waals surface area contributed by atoms with Gasteiger partial charge in [-0.25, -0.2) is 4.79 Å². The number of methoxy groups -OCH3 is 2. The summed E-state index contributed by atoms with van der Waals surface area (Å²) in [4.78, 5) is 11.7. The molecule has 3 rings (SSSR count). The number of esters is 1. The minimum atomic E-state index is -0.910. The van der Waals surface area contributed by atoms with Crippen LogP contribution >= 0.6 is 0 Å². The second kappa shape index (κ2) is 6.18. The minimum Gasteiger partial charge on any atom is -0.497 e. The number of hydrogen-bond acceptors (Lipinski definition) is 5. The van der Waals surface area contributed by atoms with Crippen molar-refractivity contribution in [2.75, 3.05) is 20.8 Å². The quantitative estimate of drug-likeness (QED) is 0.812. The predicted octanol–water partition coefficient (Wildman–Crippen LogP) is 3.00. The van der Waals surface area contributed by atoms with Gasteiger partial charge in [-0.05, 0) is 29.0 Å². The van der Waals surface area contributed by atoms with Gasteiger partial charge in [0, 0.05) is 12.0 Å². The van der Waals surface area contributed by atoms with Crippen LogP contribution in [0.4, 0.5) is 0 Å². The normalized spacial score (nSPS) is 23.9. The largest absolute Gasteiger partial charge is 0.497 e. The first kappa shape index (κ1) is 15.8. The molecule has 5 nitrogen and oxygen atoms in total. The van der Waals surface area contributed by atoms with Crippen LogP contribution in [-0.4, -0.2) is 32.9 Å². The molecule has 1 saturated heterocycles. The van der Waals surface area contributed by atoms with Crippen LogP contribution in [0.2, 0.25) is 0 Å². The topological polar surface area (TPSA) is 54.0 Å². The molecule has 1 aliphatic heterocycles. The molecule has 0 bridgehead atoms. The fourth-order valence-corrected chi connectivity index (χ4v) is 2.88. The van der Waals surface area contributed by atoms with Crippen molar-refractivity contribution < 1.29 is 23.7 Å². The van der Waals surface area contributed by atoms with Crippen molar-refractivity contribution in [2.24, 2.45) is 0 Å². The van der Waals surface area contributed by atoms with Crippen molar-refractivity contribution in [2.45, 2.75) is 25.2 Å². The van der Waals surface area contributed by atoms with Crippen LogP contribution in [0.25, 0.3) is 10.8 Å². The Labute approximate surface area is 135 Å². The number of ether oxygens (including phenoxy) is 4. The van der Waals surface area contributed by atoms with Gasteiger partial charge in [-0.3, -0.25) is 0 Å². The smallest absolute Gasteiger partial charge is 0.337 e. The molecule has 2 aromatic rings. The minimum absolute atomic E-state index is 0.196. The molecule has 0 saturated carbocycles. The zero-order valence-electron chi connectivity index (χ0n) is 13.5. The van der Waals surface area contributed by atoms with E-state index in [0.29, 0.717) is 6.42 Å². The summed E-state index contributed by atoms with van der Waals surface area (Å²) in [6.07, 6.45) is -0.0891. The molecule has 1 aliphatic rings. The van der Waals surface area contributed by atoms with Gasteiger partial charge in [0.15, 0.2) is 11.9 Å². The third-order valence-electron chi connectivity index (χ3n) is 4.22. The molecular formula is C18H20O5. The van der Waals surface area contributed by atoms with Crippen LogP contribution in [0.1, 0.15) is 18.9 Å². The van der Waals surface area contributed by atoms with Crippen molar-refractivity contribution in [3.05, 3.63) is 42.0 Å². The van der Waals surface area contributed by atoms with E-state index in [1.807, 2.05) is 43.3 Å². The van der Waals surface area contributed by atoms with Gasteiger partial charge < -0.3 is 18.9 Å². The van der Waals surface area contributed by atoms with Crippen molar-refractivity contribution in [3.8, 4) is 5.75 Å². The van der Waals surface area contributed by atoms with Gasteiger partial charge in [0.05, 0.1) is 20.8 Å². The fraction of sp³-hybridized carbons (Fsp3) is 0.389. The van der Waals surface area contributed by atoms with E-state index in [0.717, 1.165) is 22.1 Å². The Morgan fingerprint density at radius 1 is 1.22 bits per heavy atom. The van der Waals surface area contributed by atoms with Crippen molar-refractivity contribution in [1.29, 1.82) is 0 Å². The van der Waals surface area contributed by atoms with Gasteiger partial charge in [-0.15, -0.1) is 0 Å². The maximum absolute atomic E-state index is 11.7. The summed E-state index contributed by atoms with van der Waals surface area (Å²) < 4.78 is 21.8. The van der Waals surface area contributed by atoms with E-state index in [-0.39, 0.29) is 6.61 Å². The lowest BCUT2D eigenvalue weighted by Gasteiger charge is -2.27. The van der Waals surface area contributed by atoms with E-state index < -0.39 is 17.9 Å². The lowest BCUT2D eigenvalue weighted by Crippen LogP contribution is -2.30. The van der Waals surface area contributed by atoms with E-state index in [1.165, 1.54) is 7.11 Å². The first-order valence-corrected chi connectivity index (χ1v) is 7.60. The summed E-state index contributed by atoms with van der Waals surface area (Å²) in [6.45, 7) is 2.17. The lowest BCUT2D eigenvalue weighted by atomic mass is 9.99. The molecule has 0 amide bonds. The number of hydrogen-bond donors (Lipinski definition) is 0. The summed E-state index contributed by atoms with van der Waals surface area (Å²) in [5, 5.41) is 2.13. The molecule has 0 aliphatic carbocycles. The van der Waals surface area contributed by atoms with Gasteiger partial charge in [-0.2, -0.15) is 0 Å². The summed E-state index contributed by atoms with van der Waals surface area (Å²) in [5.41, 5.74) is 0.893. The van der Waals surface area contributed by atoms with Gasteiger partial charge in [0.25, 0.3) is 0 Å². The van der Waals surface area contributed by atoms with Crippen molar-refractivity contribution in [1.82, 2.24) is 0 Å². The molecule has 0 spiro atoms.